The maximum atomic E-state index is 11.1. The van der Waals surface area contributed by atoms with Gasteiger partial charge in [-0.3, -0.25) is 4.79 Å². The molecule has 19 heavy (non-hydrogen) atoms. The molecule has 0 spiro atoms. The van der Waals surface area contributed by atoms with Gasteiger partial charge in [-0.05, 0) is 30.7 Å². The van der Waals surface area contributed by atoms with Crippen molar-refractivity contribution < 1.29 is 4.79 Å². The molecule has 98 valence electrons. The third-order valence-corrected chi connectivity index (χ3v) is 3.51. The van der Waals surface area contributed by atoms with Crippen LogP contribution >= 0.6 is 15.9 Å². The largest absolute Gasteiger partial charge is 0.298 e. The maximum Gasteiger partial charge on any atom is 0.153 e. The van der Waals surface area contributed by atoms with Crippen LogP contribution in [0.15, 0.2) is 47.6 Å². The average Bonchev–Trinajstić information content (AvgIpc) is 2.84. The van der Waals surface area contributed by atoms with Crippen LogP contribution in [-0.4, -0.2) is 16.1 Å². The molecule has 0 bridgehead atoms. The van der Waals surface area contributed by atoms with Gasteiger partial charge >= 0.3 is 0 Å². The van der Waals surface area contributed by atoms with Gasteiger partial charge in [-0.1, -0.05) is 28.9 Å². The van der Waals surface area contributed by atoms with Crippen LogP contribution in [0.3, 0.4) is 0 Å². The number of allylic oxidation sites excluding steroid dienone is 1. The van der Waals surface area contributed by atoms with Gasteiger partial charge in [0, 0.05) is 16.6 Å². The van der Waals surface area contributed by atoms with Crippen LogP contribution in [0.4, 0.5) is 0 Å². The Labute approximate surface area is 121 Å². The quantitative estimate of drug-likeness (QED) is 0.613. The molecule has 0 amide bonds. The summed E-state index contributed by atoms with van der Waals surface area (Å²) in [7, 11) is 0. The van der Waals surface area contributed by atoms with Crippen LogP contribution in [0.5, 0.6) is 0 Å². The molecule has 1 heterocycles. The Morgan fingerprint density at radius 3 is 2.68 bits per heavy atom. The Morgan fingerprint density at radius 2 is 2.11 bits per heavy atom. The van der Waals surface area contributed by atoms with Crippen molar-refractivity contribution in [1.29, 1.82) is 0 Å². The van der Waals surface area contributed by atoms with Crippen molar-refractivity contribution in [2.45, 2.75) is 19.3 Å². The highest BCUT2D eigenvalue weighted by atomic mass is 79.9. The molecular formula is C15H15BrN2O. The van der Waals surface area contributed by atoms with Crippen molar-refractivity contribution >= 4 is 22.2 Å². The van der Waals surface area contributed by atoms with E-state index in [1.54, 1.807) is 10.9 Å². The van der Waals surface area contributed by atoms with E-state index in [4.69, 9.17) is 0 Å². The van der Waals surface area contributed by atoms with E-state index in [0.29, 0.717) is 5.56 Å². The lowest BCUT2D eigenvalue weighted by Gasteiger charge is -2.05. The van der Waals surface area contributed by atoms with Crippen LogP contribution in [-0.2, 0) is 0 Å². The van der Waals surface area contributed by atoms with Gasteiger partial charge in [0.05, 0.1) is 16.9 Å². The lowest BCUT2D eigenvalue weighted by Crippen LogP contribution is -1.99. The Morgan fingerprint density at radius 1 is 1.42 bits per heavy atom. The zero-order valence-corrected chi connectivity index (χ0v) is 12.3. The summed E-state index contributed by atoms with van der Waals surface area (Å²) >= 11 is 3.40. The Kier molecular flexibility index (Phi) is 4.32. The number of hydrogen-bond acceptors (Lipinski definition) is 2. The second-order valence-electron chi connectivity index (χ2n) is 4.43. The van der Waals surface area contributed by atoms with Gasteiger partial charge in [-0.2, -0.15) is 5.10 Å². The number of rotatable bonds is 5. The fourth-order valence-electron chi connectivity index (χ4n) is 1.96. The van der Waals surface area contributed by atoms with E-state index in [1.807, 2.05) is 37.3 Å². The minimum absolute atomic E-state index is 0.189. The van der Waals surface area contributed by atoms with E-state index >= 15 is 0 Å². The molecule has 4 heteroatoms. The van der Waals surface area contributed by atoms with Crippen molar-refractivity contribution in [3.63, 3.8) is 0 Å². The highest BCUT2D eigenvalue weighted by Gasteiger charge is 2.15. The molecule has 1 unspecified atom stereocenters. The molecule has 0 aliphatic carbocycles. The van der Waals surface area contributed by atoms with Gasteiger partial charge < -0.3 is 0 Å². The average molecular weight is 319 g/mol. The lowest BCUT2D eigenvalue weighted by atomic mass is 10.0. The van der Waals surface area contributed by atoms with Crippen LogP contribution in [0, 0.1) is 0 Å². The summed E-state index contributed by atoms with van der Waals surface area (Å²) in [6, 6.07) is 7.80. The van der Waals surface area contributed by atoms with E-state index in [0.717, 1.165) is 28.6 Å². The summed E-state index contributed by atoms with van der Waals surface area (Å²) in [4.78, 5) is 11.1. The summed E-state index contributed by atoms with van der Waals surface area (Å²) in [6.45, 7) is 5.77. The van der Waals surface area contributed by atoms with E-state index in [1.165, 1.54) is 0 Å². The number of carbonyl (C=O) groups excluding carboxylic acids is 1. The molecule has 3 nitrogen and oxygen atoms in total. The molecule has 2 aromatic rings. The Bertz CT molecular complexity index is 587. The van der Waals surface area contributed by atoms with Crippen molar-refractivity contribution in [3.8, 4) is 5.69 Å². The van der Waals surface area contributed by atoms with Crippen LogP contribution in [0.2, 0.25) is 0 Å². The number of carbonyl (C=O) groups is 1. The molecule has 2 rings (SSSR count). The van der Waals surface area contributed by atoms with E-state index < -0.39 is 0 Å². The minimum Gasteiger partial charge on any atom is -0.298 e. The van der Waals surface area contributed by atoms with Gasteiger partial charge in [0.25, 0.3) is 0 Å². The summed E-state index contributed by atoms with van der Waals surface area (Å²) in [5, 5.41) is 4.52. The normalized spacial score (nSPS) is 12.1. The molecule has 0 aliphatic heterocycles. The molecule has 1 atom stereocenters. The van der Waals surface area contributed by atoms with E-state index in [-0.39, 0.29) is 5.92 Å². The zero-order valence-electron chi connectivity index (χ0n) is 10.7. The van der Waals surface area contributed by atoms with Gasteiger partial charge in [0.2, 0.25) is 0 Å². The molecule has 0 radical (unpaired) electrons. The minimum atomic E-state index is 0.189. The molecule has 1 aromatic carbocycles. The van der Waals surface area contributed by atoms with Crippen LogP contribution in [0.1, 0.15) is 35.3 Å². The summed E-state index contributed by atoms with van der Waals surface area (Å²) in [5.74, 6) is 0.189. The number of aromatic nitrogens is 2. The second-order valence-corrected chi connectivity index (χ2v) is 5.35. The third-order valence-electron chi connectivity index (χ3n) is 2.98. The fourth-order valence-corrected chi connectivity index (χ4v) is 2.23. The van der Waals surface area contributed by atoms with E-state index in [9.17, 15) is 4.79 Å². The Balaban J connectivity index is 2.40. The highest BCUT2D eigenvalue weighted by molar-refractivity contribution is 9.10. The number of hydrogen-bond donors (Lipinski definition) is 0. The van der Waals surface area contributed by atoms with Gasteiger partial charge in [-0.25, -0.2) is 4.68 Å². The SMILES string of the molecule is C=CCC(C)c1nn(-c2ccc(Br)cc2)cc1C=O. The first-order valence-corrected chi connectivity index (χ1v) is 6.86. The van der Waals surface area contributed by atoms with Gasteiger partial charge in [-0.15, -0.1) is 6.58 Å². The lowest BCUT2D eigenvalue weighted by molar-refractivity contribution is 0.112. The smallest absolute Gasteiger partial charge is 0.153 e. The molecule has 0 N–H and O–H groups in total. The van der Waals surface area contributed by atoms with Crippen molar-refractivity contribution in [1.82, 2.24) is 9.78 Å². The monoisotopic (exact) mass is 318 g/mol. The van der Waals surface area contributed by atoms with Crippen LogP contribution < -0.4 is 0 Å². The topological polar surface area (TPSA) is 34.9 Å². The third kappa shape index (κ3) is 3.01. The van der Waals surface area contributed by atoms with Crippen molar-refractivity contribution in [2.75, 3.05) is 0 Å². The summed E-state index contributed by atoms with van der Waals surface area (Å²) in [5.41, 5.74) is 2.39. The predicted octanol–water partition coefficient (Wildman–Crippen LogP) is 4.13. The van der Waals surface area contributed by atoms with Crippen molar-refractivity contribution in [2.24, 2.45) is 0 Å². The maximum absolute atomic E-state index is 11.1. The first-order valence-electron chi connectivity index (χ1n) is 6.07. The van der Waals surface area contributed by atoms with E-state index in [2.05, 4.69) is 27.6 Å². The summed E-state index contributed by atoms with van der Waals surface area (Å²) in [6.07, 6.45) is 5.28. The molecule has 1 aromatic heterocycles. The predicted molar refractivity (Wildman–Crippen MR) is 79.9 cm³/mol. The second kappa shape index (κ2) is 5.97. The highest BCUT2D eigenvalue weighted by Crippen LogP contribution is 2.22. The fraction of sp³-hybridized carbons (Fsp3) is 0.200. The van der Waals surface area contributed by atoms with Gasteiger partial charge in [0.15, 0.2) is 6.29 Å². The number of benzene rings is 1. The van der Waals surface area contributed by atoms with Gasteiger partial charge in [0.1, 0.15) is 0 Å². The standard InChI is InChI=1S/C15H15BrN2O/c1-3-4-11(2)15-12(10-19)9-18(17-15)14-7-5-13(16)6-8-14/h3,5-11H,1,4H2,2H3. The molecule has 0 saturated heterocycles. The first-order chi connectivity index (χ1) is 9.15. The van der Waals surface area contributed by atoms with Crippen molar-refractivity contribution in [3.05, 3.63) is 58.8 Å². The molecule has 0 aliphatic rings. The zero-order chi connectivity index (χ0) is 13.8. The van der Waals surface area contributed by atoms with Crippen LogP contribution in [0.25, 0.3) is 5.69 Å². The first kappa shape index (κ1) is 13.7. The number of aldehydes is 1. The number of nitrogens with zero attached hydrogens (tertiary/aromatic N) is 2. The molecule has 0 saturated carbocycles. The Hall–Kier alpha value is -1.68. The molecular weight excluding hydrogens is 304 g/mol. The number of halogens is 1. The molecule has 0 fully saturated rings. The summed E-state index contributed by atoms with van der Waals surface area (Å²) < 4.78 is 2.75.